The number of aliphatic hydroxyl groups excluding tert-OH is 3. The third-order valence-electron chi connectivity index (χ3n) is 10.6. The van der Waals surface area contributed by atoms with Gasteiger partial charge in [-0.1, -0.05) is 0 Å². The number of aldehydes is 1. The molecule has 0 radical (unpaired) electrons. The molecule has 4 aliphatic rings. The minimum Gasteiger partial charge on any atom is -0.444 e. The van der Waals surface area contributed by atoms with Crippen LogP contribution in [0.15, 0.2) is 0 Å². The molecule has 0 aromatic heterocycles. The zero-order valence-electron chi connectivity index (χ0n) is 42.3. The fraction of sp³-hybridized carbons (Fsp3) is 0.867. The van der Waals surface area contributed by atoms with Crippen LogP contribution < -0.4 is 26.6 Å². The van der Waals surface area contributed by atoms with Crippen LogP contribution in [0.25, 0.3) is 0 Å². The first-order chi connectivity index (χ1) is 31.6. The van der Waals surface area contributed by atoms with Gasteiger partial charge in [-0.15, -0.1) is 0 Å². The number of aliphatic hydroxyl groups is 3. The summed E-state index contributed by atoms with van der Waals surface area (Å²) < 4.78 is 58.9. The van der Waals surface area contributed by atoms with E-state index in [1.165, 1.54) is 0 Å². The first-order valence-electron chi connectivity index (χ1n) is 23.3. The van der Waals surface area contributed by atoms with Gasteiger partial charge in [0.05, 0.1) is 30.8 Å². The maximum absolute atomic E-state index is 13.8. The average molecular weight is 992 g/mol. The third kappa shape index (κ3) is 18.2. The molecule has 3 aliphatic heterocycles. The topological polar surface area (TPSA) is 316 Å². The lowest BCUT2D eigenvalue weighted by molar-refractivity contribution is -0.376. The number of fused-ring (bicyclic) bond motifs is 1. The molecule has 1 saturated carbocycles. The summed E-state index contributed by atoms with van der Waals surface area (Å²) in [4.78, 5) is 77.9. The highest BCUT2D eigenvalue weighted by Crippen LogP contribution is 2.36. The minimum atomic E-state index is -1.92. The lowest BCUT2D eigenvalue weighted by Crippen LogP contribution is -2.72. The molecule has 0 spiro atoms. The second-order valence-electron chi connectivity index (χ2n) is 22.0. The van der Waals surface area contributed by atoms with E-state index in [0.717, 1.165) is 0 Å². The molecular formula is C45H77N5O19. The molecule has 24 nitrogen and oxygen atoms in total. The first kappa shape index (κ1) is 57.4. The Morgan fingerprint density at radius 3 is 1.70 bits per heavy atom. The molecule has 4 rings (SSSR count). The molecule has 1 aliphatic carbocycles. The molecule has 69 heavy (non-hydrogen) atoms. The van der Waals surface area contributed by atoms with E-state index in [4.69, 9.17) is 47.4 Å². The van der Waals surface area contributed by atoms with Crippen molar-refractivity contribution in [2.24, 2.45) is 0 Å². The monoisotopic (exact) mass is 992 g/mol. The van der Waals surface area contributed by atoms with Gasteiger partial charge in [-0.2, -0.15) is 0 Å². The molecule has 6 unspecified atom stereocenters. The van der Waals surface area contributed by atoms with E-state index >= 15 is 0 Å². The summed E-state index contributed by atoms with van der Waals surface area (Å²) in [5.74, 6) is -2.16. The maximum atomic E-state index is 13.8. The minimum absolute atomic E-state index is 0.107. The fourth-order valence-electron chi connectivity index (χ4n) is 7.86. The van der Waals surface area contributed by atoms with Gasteiger partial charge < -0.3 is 94.1 Å². The van der Waals surface area contributed by atoms with Crippen molar-refractivity contribution in [2.75, 3.05) is 13.2 Å². The predicted octanol–water partition coefficient (Wildman–Crippen LogP) is 1.90. The molecule has 14 atom stereocenters. The molecule has 4 fully saturated rings. The number of carbonyl (C=O) groups excluding carboxylic acids is 6. The number of hydrogen-bond donors (Lipinski definition) is 8. The second-order valence-corrected chi connectivity index (χ2v) is 22.0. The highest BCUT2D eigenvalue weighted by molar-refractivity contribution is 5.81. The molecule has 396 valence electrons. The Morgan fingerprint density at radius 2 is 1.16 bits per heavy atom. The van der Waals surface area contributed by atoms with E-state index in [0.29, 0.717) is 6.29 Å². The van der Waals surface area contributed by atoms with Crippen LogP contribution in [-0.4, -0.2) is 179 Å². The SMILES string of the molecule is CC(C)(C)OC(=O)NCC[C@H](O)C(=O)N[C@@H]1C[C@H](NC(=O)OC(C)(C)C)C(O[C@H]2OC(C=O)CCC2NC(=O)OC(C)(C)C)C(O)[C@H]1O[C@H]1OC2COC(C)(C)O[C@H]2[C@H](NC(=O)OC(C)(C)C)C1O. The quantitative estimate of drug-likeness (QED) is 0.0965. The molecule has 8 N–H and O–H groups in total. The molecule has 3 heterocycles. The van der Waals surface area contributed by atoms with Crippen LogP contribution >= 0.6 is 0 Å². The van der Waals surface area contributed by atoms with Gasteiger partial charge in [0.2, 0.25) is 5.91 Å². The summed E-state index contributed by atoms with van der Waals surface area (Å²) in [6.45, 7) is 22.8. The summed E-state index contributed by atoms with van der Waals surface area (Å²) >= 11 is 0. The Labute approximate surface area is 403 Å². The maximum Gasteiger partial charge on any atom is 0.408 e. The Bertz CT molecular complexity index is 1780. The van der Waals surface area contributed by atoms with Crippen molar-refractivity contribution in [3.63, 3.8) is 0 Å². The molecule has 0 bridgehead atoms. The van der Waals surface area contributed by atoms with E-state index in [1.54, 1.807) is 96.9 Å². The highest BCUT2D eigenvalue weighted by Gasteiger charge is 2.56. The second kappa shape index (κ2) is 22.9. The lowest BCUT2D eigenvalue weighted by atomic mass is 9.83. The number of carbonyl (C=O) groups is 6. The summed E-state index contributed by atoms with van der Waals surface area (Å²) in [5, 5.41) is 48.8. The van der Waals surface area contributed by atoms with Crippen LogP contribution in [0.2, 0.25) is 0 Å². The van der Waals surface area contributed by atoms with E-state index < -0.39 is 144 Å². The first-order valence-corrected chi connectivity index (χ1v) is 23.3. The number of rotatable bonds is 13. The zero-order chi connectivity index (χ0) is 52.0. The van der Waals surface area contributed by atoms with Crippen molar-refractivity contribution in [3.05, 3.63) is 0 Å². The summed E-state index contributed by atoms with van der Waals surface area (Å²) in [5.41, 5.74) is -3.65. The molecule has 24 heteroatoms. The zero-order valence-corrected chi connectivity index (χ0v) is 42.3. The number of amides is 5. The Morgan fingerprint density at radius 1 is 0.667 bits per heavy atom. The van der Waals surface area contributed by atoms with Gasteiger partial charge in [0.1, 0.15) is 77.5 Å². The number of alkyl carbamates (subject to hydrolysis) is 4. The van der Waals surface area contributed by atoms with Gasteiger partial charge in [0.15, 0.2) is 18.4 Å². The Hall–Kier alpha value is -4.14. The number of hydrogen-bond acceptors (Lipinski definition) is 19. The molecule has 5 amide bonds. The average Bonchev–Trinajstić information content (AvgIpc) is 3.16. The highest BCUT2D eigenvalue weighted by atomic mass is 16.8. The van der Waals surface area contributed by atoms with Crippen LogP contribution in [0.3, 0.4) is 0 Å². The van der Waals surface area contributed by atoms with Gasteiger partial charge in [0, 0.05) is 6.54 Å². The van der Waals surface area contributed by atoms with Crippen LogP contribution in [-0.2, 0) is 57.0 Å². The summed E-state index contributed by atoms with van der Waals surface area (Å²) in [6, 6.07) is -4.87. The van der Waals surface area contributed by atoms with Gasteiger partial charge >= 0.3 is 24.4 Å². The van der Waals surface area contributed by atoms with Crippen molar-refractivity contribution < 1.29 is 91.5 Å². The van der Waals surface area contributed by atoms with Gasteiger partial charge in [0.25, 0.3) is 0 Å². The van der Waals surface area contributed by atoms with Gasteiger partial charge in [-0.25, -0.2) is 19.2 Å². The van der Waals surface area contributed by atoms with Crippen LogP contribution in [0.1, 0.15) is 123 Å². The van der Waals surface area contributed by atoms with Crippen molar-refractivity contribution in [1.82, 2.24) is 26.6 Å². The number of ether oxygens (including phenoxy) is 10. The normalized spacial score (nSPS) is 32.2. The largest absolute Gasteiger partial charge is 0.444 e. The van der Waals surface area contributed by atoms with Crippen LogP contribution in [0, 0.1) is 0 Å². The van der Waals surface area contributed by atoms with Gasteiger partial charge in [-0.3, -0.25) is 4.79 Å². The smallest absolute Gasteiger partial charge is 0.408 e. The predicted molar refractivity (Wildman–Crippen MR) is 240 cm³/mol. The van der Waals surface area contributed by atoms with Crippen LogP contribution in [0.5, 0.6) is 0 Å². The molecule has 0 aromatic carbocycles. The van der Waals surface area contributed by atoms with Crippen molar-refractivity contribution in [2.45, 2.75) is 236 Å². The molecule has 3 saturated heterocycles. The molecule has 0 aromatic rings. The third-order valence-corrected chi connectivity index (χ3v) is 10.6. The Kier molecular flexibility index (Phi) is 19.1. The van der Waals surface area contributed by atoms with Crippen molar-refractivity contribution in [1.29, 1.82) is 0 Å². The van der Waals surface area contributed by atoms with Crippen LogP contribution in [0.4, 0.5) is 19.2 Å². The Balaban J connectivity index is 1.75. The standard InChI is InChI=1S/C45H77N5O19/c1-41(2,3)66-37(56)46-18-17-26(52)34(55)47-24-19-25(49-39(58)68-43(7,8)9)32(63-35-23(16-15-22(20-51)61-35)48-38(57)67-42(4,5)6)30(54)31(24)64-36-29(53)28(50-40(59)69-44(10,11)12)33-27(62-36)21-60-45(13,14)65-33/h20,22-33,35-36,52-54H,15-19,21H2,1-14H3,(H,46,56)(H,47,55)(H,48,57)(H,49,58)(H,50,59)/t22?,23?,24-,25+,26+,27?,28-,29?,30?,31+,32?,33-,35-,36-/m1/s1. The molecular weight excluding hydrogens is 915 g/mol. The summed E-state index contributed by atoms with van der Waals surface area (Å²) in [7, 11) is 0. The van der Waals surface area contributed by atoms with E-state index in [-0.39, 0.29) is 38.8 Å². The van der Waals surface area contributed by atoms with Crippen molar-refractivity contribution in [3.8, 4) is 0 Å². The van der Waals surface area contributed by atoms with E-state index in [2.05, 4.69) is 26.6 Å². The number of nitrogens with one attached hydrogen (secondary N) is 5. The van der Waals surface area contributed by atoms with E-state index in [1.807, 2.05) is 0 Å². The van der Waals surface area contributed by atoms with Crippen molar-refractivity contribution >= 4 is 36.6 Å². The fourth-order valence-corrected chi connectivity index (χ4v) is 7.86. The van der Waals surface area contributed by atoms with E-state index in [9.17, 15) is 44.1 Å². The van der Waals surface area contributed by atoms with Gasteiger partial charge in [-0.05, 0) is 123 Å². The summed E-state index contributed by atoms with van der Waals surface area (Å²) in [6.07, 6.45) is -18.1. The lowest BCUT2D eigenvalue weighted by Gasteiger charge is -2.52.